The molecule has 0 fully saturated rings. The van der Waals surface area contributed by atoms with E-state index in [2.05, 4.69) is 4.98 Å². The van der Waals surface area contributed by atoms with E-state index in [0.29, 0.717) is 5.82 Å². The van der Waals surface area contributed by atoms with E-state index in [1.54, 1.807) is 30.1 Å². The molecule has 1 aromatic carbocycles. The fraction of sp³-hybridized carbons (Fsp3) is 0.0833. The van der Waals surface area contributed by atoms with E-state index in [1.165, 1.54) is 12.1 Å². The van der Waals surface area contributed by atoms with E-state index in [1.807, 2.05) is 12.1 Å². The van der Waals surface area contributed by atoms with Crippen molar-refractivity contribution in [3.05, 3.63) is 54.0 Å². The van der Waals surface area contributed by atoms with Crippen LogP contribution >= 0.6 is 11.8 Å². The molecule has 0 unspecified atom stereocenters. The van der Waals surface area contributed by atoms with Crippen molar-refractivity contribution in [3.8, 4) is 0 Å². The quantitative estimate of drug-likeness (QED) is 0.829. The number of anilines is 1. The van der Waals surface area contributed by atoms with E-state index < -0.39 is 0 Å². The van der Waals surface area contributed by atoms with Crippen molar-refractivity contribution >= 4 is 17.6 Å². The van der Waals surface area contributed by atoms with E-state index in [0.717, 1.165) is 16.2 Å². The fourth-order valence-electron chi connectivity index (χ4n) is 1.28. The molecule has 0 saturated heterocycles. The number of nitrogens with two attached hydrogens (primary N) is 1. The lowest BCUT2D eigenvalue weighted by Gasteiger charge is -2.02. The number of rotatable bonds is 3. The molecule has 0 aliphatic rings. The number of aromatic nitrogens is 1. The van der Waals surface area contributed by atoms with E-state index in [9.17, 15) is 4.39 Å². The largest absolute Gasteiger partial charge is 0.384 e. The lowest BCUT2D eigenvalue weighted by molar-refractivity contribution is 0.626. The van der Waals surface area contributed by atoms with Crippen LogP contribution in [0.3, 0.4) is 0 Å². The third-order valence-corrected chi connectivity index (χ3v) is 3.15. The second-order valence-corrected chi connectivity index (χ2v) is 4.38. The lowest BCUT2D eigenvalue weighted by Crippen LogP contribution is -1.90. The number of benzene rings is 1. The molecule has 2 aromatic rings. The van der Waals surface area contributed by atoms with Gasteiger partial charge in [-0.3, -0.25) is 0 Å². The van der Waals surface area contributed by atoms with Crippen molar-refractivity contribution < 1.29 is 4.39 Å². The zero-order chi connectivity index (χ0) is 11.4. The zero-order valence-corrected chi connectivity index (χ0v) is 9.38. The molecule has 0 spiro atoms. The Morgan fingerprint density at radius 2 is 1.94 bits per heavy atom. The Kier molecular flexibility index (Phi) is 3.41. The number of nitrogens with zero attached hydrogens (tertiary/aromatic N) is 1. The lowest BCUT2D eigenvalue weighted by atomic mass is 10.3. The highest BCUT2D eigenvalue weighted by Crippen LogP contribution is 2.23. The smallest absolute Gasteiger partial charge is 0.123 e. The maximum absolute atomic E-state index is 12.7. The zero-order valence-electron chi connectivity index (χ0n) is 8.56. The highest BCUT2D eigenvalue weighted by atomic mass is 32.2. The van der Waals surface area contributed by atoms with Crippen molar-refractivity contribution in [1.29, 1.82) is 0 Å². The Morgan fingerprint density at radius 1 is 1.19 bits per heavy atom. The summed E-state index contributed by atoms with van der Waals surface area (Å²) in [5, 5.41) is 0. The molecule has 1 aromatic heterocycles. The number of hydrogen-bond acceptors (Lipinski definition) is 3. The molecule has 0 amide bonds. The van der Waals surface area contributed by atoms with Gasteiger partial charge >= 0.3 is 0 Å². The highest BCUT2D eigenvalue weighted by molar-refractivity contribution is 7.98. The summed E-state index contributed by atoms with van der Waals surface area (Å²) in [4.78, 5) is 4.96. The van der Waals surface area contributed by atoms with Crippen LogP contribution in [-0.2, 0) is 5.75 Å². The van der Waals surface area contributed by atoms with E-state index in [4.69, 9.17) is 5.73 Å². The molecule has 0 radical (unpaired) electrons. The molecule has 1 heterocycles. The van der Waals surface area contributed by atoms with Crippen LogP contribution in [0.15, 0.2) is 47.5 Å². The fourth-order valence-corrected chi connectivity index (χ4v) is 2.12. The molecule has 2 rings (SSSR count). The minimum Gasteiger partial charge on any atom is -0.384 e. The predicted octanol–water partition coefficient (Wildman–Crippen LogP) is 3.10. The predicted molar refractivity (Wildman–Crippen MR) is 64.6 cm³/mol. The average Bonchev–Trinajstić information content (AvgIpc) is 2.28. The van der Waals surface area contributed by atoms with Gasteiger partial charge in [0.2, 0.25) is 0 Å². The summed E-state index contributed by atoms with van der Waals surface area (Å²) in [7, 11) is 0. The van der Waals surface area contributed by atoms with Gasteiger partial charge in [0.25, 0.3) is 0 Å². The summed E-state index contributed by atoms with van der Waals surface area (Å²) in [5.41, 5.74) is 6.69. The molecule has 2 nitrogen and oxygen atoms in total. The molecule has 16 heavy (non-hydrogen) atoms. The van der Waals surface area contributed by atoms with Gasteiger partial charge in [-0.15, -0.1) is 11.8 Å². The van der Waals surface area contributed by atoms with Crippen molar-refractivity contribution in [1.82, 2.24) is 4.98 Å². The number of nitrogen functional groups attached to an aromatic ring is 1. The first-order chi connectivity index (χ1) is 7.74. The molecular formula is C12H11FN2S. The van der Waals surface area contributed by atoms with Crippen LogP contribution in [0.5, 0.6) is 0 Å². The van der Waals surface area contributed by atoms with E-state index in [-0.39, 0.29) is 5.82 Å². The summed E-state index contributed by atoms with van der Waals surface area (Å²) in [6.07, 6.45) is 1.69. The van der Waals surface area contributed by atoms with Gasteiger partial charge < -0.3 is 5.73 Å². The van der Waals surface area contributed by atoms with Crippen LogP contribution in [0.25, 0.3) is 0 Å². The average molecular weight is 234 g/mol. The number of hydrogen-bond donors (Lipinski definition) is 1. The Labute approximate surface area is 97.7 Å². The SMILES string of the molecule is Nc1cc(CSc2ccc(F)cc2)ccn1. The van der Waals surface area contributed by atoms with Crippen LogP contribution in [0.1, 0.15) is 5.56 Å². The molecule has 0 atom stereocenters. The molecule has 0 aliphatic carbocycles. The molecule has 0 saturated carbocycles. The van der Waals surface area contributed by atoms with Gasteiger partial charge in [0.05, 0.1) is 0 Å². The Balaban J connectivity index is 1.99. The molecule has 0 aliphatic heterocycles. The highest BCUT2D eigenvalue weighted by Gasteiger charge is 1.98. The monoisotopic (exact) mass is 234 g/mol. The maximum Gasteiger partial charge on any atom is 0.123 e. The molecular weight excluding hydrogens is 223 g/mol. The summed E-state index contributed by atoms with van der Waals surface area (Å²) >= 11 is 1.64. The third-order valence-electron chi connectivity index (χ3n) is 2.06. The minimum absolute atomic E-state index is 0.211. The Hall–Kier alpha value is -1.55. The van der Waals surface area contributed by atoms with Gasteiger partial charge in [-0.1, -0.05) is 0 Å². The van der Waals surface area contributed by atoms with Crippen LogP contribution in [0.4, 0.5) is 10.2 Å². The minimum atomic E-state index is -0.211. The first-order valence-corrected chi connectivity index (χ1v) is 5.81. The van der Waals surface area contributed by atoms with Crippen molar-refractivity contribution in [2.24, 2.45) is 0 Å². The number of pyridine rings is 1. The topological polar surface area (TPSA) is 38.9 Å². The number of thioether (sulfide) groups is 1. The Bertz CT molecular complexity index is 471. The summed E-state index contributed by atoms with van der Waals surface area (Å²) in [6.45, 7) is 0. The van der Waals surface area contributed by atoms with Crippen molar-refractivity contribution in [2.75, 3.05) is 5.73 Å². The van der Waals surface area contributed by atoms with Crippen LogP contribution < -0.4 is 5.73 Å². The van der Waals surface area contributed by atoms with Gasteiger partial charge in [-0.2, -0.15) is 0 Å². The van der Waals surface area contributed by atoms with Crippen molar-refractivity contribution in [2.45, 2.75) is 10.6 Å². The molecule has 2 N–H and O–H groups in total. The number of halogens is 1. The molecule has 82 valence electrons. The summed E-state index contributed by atoms with van der Waals surface area (Å²) < 4.78 is 12.7. The second-order valence-electron chi connectivity index (χ2n) is 3.33. The molecule has 4 heteroatoms. The van der Waals surface area contributed by atoms with Crippen LogP contribution in [0, 0.1) is 5.82 Å². The van der Waals surface area contributed by atoms with Gasteiger partial charge in [-0.25, -0.2) is 9.37 Å². The maximum atomic E-state index is 12.7. The molecule has 0 bridgehead atoms. The van der Waals surface area contributed by atoms with Gasteiger partial charge in [0.1, 0.15) is 11.6 Å². The van der Waals surface area contributed by atoms with Gasteiger partial charge in [-0.05, 0) is 42.0 Å². The van der Waals surface area contributed by atoms with Gasteiger partial charge in [0, 0.05) is 16.8 Å². The first-order valence-electron chi connectivity index (χ1n) is 4.83. The summed E-state index contributed by atoms with van der Waals surface area (Å²) in [6, 6.07) is 10.2. The van der Waals surface area contributed by atoms with Crippen molar-refractivity contribution in [3.63, 3.8) is 0 Å². The van der Waals surface area contributed by atoms with Crippen LogP contribution in [0.2, 0.25) is 0 Å². The Morgan fingerprint density at radius 3 is 2.62 bits per heavy atom. The third kappa shape index (κ3) is 2.97. The van der Waals surface area contributed by atoms with Crippen LogP contribution in [-0.4, -0.2) is 4.98 Å². The summed E-state index contributed by atoms with van der Waals surface area (Å²) in [5.74, 6) is 1.12. The normalized spacial score (nSPS) is 10.3. The van der Waals surface area contributed by atoms with E-state index >= 15 is 0 Å². The van der Waals surface area contributed by atoms with Gasteiger partial charge in [0.15, 0.2) is 0 Å². The standard InChI is InChI=1S/C12H11FN2S/c13-10-1-3-11(4-2-10)16-8-9-5-6-15-12(14)7-9/h1-7H,8H2,(H2,14,15). The first kappa shape index (κ1) is 11.0. The second kappa shape index (κ2) is 4.99.